The predicted octanol–water partition coefficient (Wildman–Crippen LogP) is 7.11. The summed E-state index contributed by atoms with van der Waals surface area (Å²) in [6, 6.07) is 24.5. The standard InChI is InChI=1S/C30H31N3O2.C2H7N.2ClH/c1-22-29(34-21-26-10-6-5-9-25(26)19-31)14-12-27-28(32-35-30(22)27)13-11-23-15-17-33(18-16-23)20-24-7-3-2-4-8-24;1-3-2;;/h2-10,12,14,23H,11,13,15-18,20-21H2,1H3;3H,1-2H3;2*1H. The van der Waals surface area contributed by atoms with Crippen LogP contribution in [-0.2, 0) is 19.6 Å². The Hall–Kier alpha value is -3.08. The largest absolute Gasteiger partial charge is 0.488 e. The molecule has 0 spiro atoms. The fraction of sp³-hybridized carbons (Fsp3) is 0.375. The molecule has 40 heavy (non-hydrogen) atoms. The van der Waals surface area contributed by atoms with Crippen LogP contribution in [0.5, 0.6) is 5.75 Å². The van der Waals surface area contributed by atoms with E-state index in [1.54, 1.807) is 0 Å². The van der Waals surface area contributed by atoms with E-state index in [2.05, 4.69) is 57.8 Å². The molecule has 1 aliphatic rings. The van der Waals surface area contributed by atoms with Gasteiger partial charge in [-0.3, -0.25) is 4.90 Å². The molecule has 1 N–H and O–H groups in total. The summed E-state index contributed by atoms with van der Waals surface area (Å²) in [5.74, 6) is 1.50. The van der Waals surface area contributed by atoms with Crippen molar-refractivity contribution in [3.63, 3.8) is 0 Å². The van der Waals surface area contributed by atoms with Crippen LogP contribution >= 0.6 is 24.8 Å². The molecule has 5 rings (SSSR count). The quantitative estimate of drug-likeness (QED) is 0.238. The van der Waals surface area contributed by atoms with Gasteiger partial charge in [0.1, 0.15) is 12.4 Å². The molecule has 0 aliphatic carbocycles. The number of fused-ring (bicyclic) bond motifs is 1. The van der Waals surface area contributed by atoms with Gasteiger partial charge in [-0.1, -0.05) is 53.7 Å². The summed E-state index contributed by atoms with van der Waals surface area (Å²) in [4.78, 5) is 2.57. The lowest BCUT2D eigenvalue weighted by Crippen LogP contribution is -2.33. The second-order valence-electron chi connectivity index (χ2n) is 10.00. The summed E-state index contributed by atoms with van der Waals surface area (Å²) in [6.45, 7) is 5.72. The third-order valence-corrected chi connectivity index (χ3v) is 7.18. The lowest BCUT2D eigenvalue weighted by molar-refractivity contribution is 0.172. The zero-order valence-corrected chi connectivity index (χ0v) is 25.2. The molecule has 2 heterocycles. The predicted molar refractivity (Wildman–Crippen MR) is 166 cm³/mol. The number of piperidine rings is 1. The van der Waals surface area contributed by atoms with Crippen LogP contribution in [-0.4, -0.2) is 37.2 Å². The number of nitriles is 1. The number of ether oxygens (including phenoxy) is 1. The highest BCUT2D eigenvalue weighted by Gasteiger charge is 2.21. The molecule has 214 valence electrons. The van der Waals surface area contributed by atoms with E-state index >= 15 is 0 Å². The van der Waals surface area contributed by atoms with E-state index in [1.165, 1.54) is 18.4 Å². The molecule has 1 fully saturated rings. The van der Waals surface area contributed by atoms with Gasteiger partial charge in [-0.2, -0.15) is 5.26 Å². The first-order valence-electron chi connectivity index (χ1n) is 13.5. The van der Waals surface area contributed by atoms with Crippen LogP contribution in [0.3, 0.4) is 0 Å². The average Bonchev–Trinajstić information content (AvgIpc) is 3.37. The van der Waals surface area contributed by atoms with Gasteiger partial charge in [0.05, 0.1) is 17.3 Å². The van der Waals surface area contributed by atoms with Gasteiger partial charge in [0.2, 0.25) is 0 Å². The Balaban J connectivity index is 0.00000107. The lowest BCUT2D eigenvalue weighted by Gasteiger charge is -2.31. The van der Waals surface area contributed by atoms with Crippen LogP contribution in [0.25, 0.3) is 11.0 Å². The Morgan fingerprint density at radius 1 is 1.00 bits per heavy atom. The third kappa shape index (κ3) is 8.71. The second kappa shape index (κ2) is 16.9. The Morgan fingerprint density at radius 2 is 1.68 bits per heavy atom. The van der Waals surface area contributed by atoms with Crippen molar-refractivity contribution in [2.75, 3.05) is 27.2 Å². The first kappa shape index (κ1) is 33.1. The van der Waals surface area contributed by atoms with Crippen LogP contribution in [0.15, 0.2) is 71.3 Å². The van der Waals surface area contributed by atoms with Gasteiger partial charge in [0, 0.05) is 23.1 Å². The maximum absolute atomic E-state index is 9.30. The molecule has 0 saturated carbocycles. The van der Waals surface area contributed by atoms with E-state index < -0.39 is 0 Å². The van der Waals surface area contributed by atoms with E-state index in [9.17, 15) is 5.26 Å². The van der Waals surface area contributed by atoms with Crippen molar-refractivity contribution in [2.24, 2.45) is 5.92 Å². The van der Waals surface area contributed by atoms with E-state index in [4.69, 9.17) is 9.26 Å². The second-order valence-corrected chi connectivity index (χ2v) is 10.00. The highest BCUT2D eigenvalue weighted by Crippen LogP contribution is 2.32. The number of hydrogen-bond acceptors (Lipinski definition) is 6. The number of rotatable bonds is 8. The highest BCUT2D eigenvalue weighted by atomic mass is 35.5. The SMILES string of the molecule is CNC.Cc1c(OCc2ccccc2C#N)ccc2c(CCC3CCN(Cc4ccccc4)CC3)noc12.Cl.Cl. The van der Waals surface area contributed by atoms with Gasteiger partial charge in [0.15, 0.2) is 5.58 Å². The summed E-state index contributed by atoms with van der Waals surface area (Å²) >= 11 is 0. The van der Waals surface area contributed by atoms with Crippen molar-refractivity contribution < 1.29 is 9.26 Å². The molecule has 4 aromatic rings. The summed E-state index contributed by atoms with van der Waals surface area (Å²) in [5, 5.41) is 17.5. The number of aromatic nitrogens is 1. The highest BCUT2D eigenvalue weighted by molar-refractivity contribution is 5.86. The minimum Gasteiger partial charge on any atom is -0.488 e. The van der Waals surface area contributed by atoms with Crippen molar-refractivity contribution >= 4 is 35.8 Å². The maximum Gasteiger partial charge on any atom is 0.173 e. The molecule has 0 radical (unpaired) electrons. The normalized spacial score (nSPS) is 13.3. The number of aryl methyl sites for hydroxylation is 2. The van der Waals surface area contributed by atoms with Gasteiger partial charge < -0.3 is 14.6 Å². The molecule has 1 saturated heterocycles. The van der Waals surface area contributed by atoms with Gasteiger partial charge in [-0.25, -0.2) is 0 Å². The average molecular weight is 584 g/mol. The molecule has 8 heteroatoms. The van der Waals surface area contributed by atoms with Crippen molar-refractivity contribution in [3.8, 4) is 11.8 Å². The molecule has 0 amide bonds. The number of nitrogens with zero attached hydrogens (tertiary/aromatic N) is 3. The fourth-order valence-corrected chi connectivity index (χ4v) is 5.03. The molecular weight excluding hydrogens is 543 g/mol. The minimum absolute atomic E-state index is 0. The number of benzene rings is 3. The number of hydrogen-bond donors (Lipinski definition) is 1. The molecule has 1 aromatic heterocycles. The van der Waals surface area contributed by atoms with E-state index in [-0.39, 0.29) is 24.8 Å². The van der Waals surface area contributed by atoms with Crippen molar-refractivity contribution in [1.82, 2.24) is 15.4 Å². The van der Waals surface area contributed by atoms with E-state index in [1.807, 2.05) is 51.4 Å². The number of nitrogens with one attached hydrogen (secondary N) is 1. The number of likely N-dealkylation sites (tertiary alicyclic amines) is 1. The lowest BCUT2D eigenvalue weighted by atomic mass is 9.91. The van der Waals surface area contributed by atoms with Gasteiger partial charge in [-0.15, -0.1) is 24.8 Å². The zero-order valence-electron chi connectivity index (χ0n) is 23.6. The summed E-state index contributed by atoms with van der Waals surface area (Å²) < 4.78 is 11.8. The topological polar surface area (TPSA) is 74.3 Å². The Morgan fingerprint density at radius 3 is 2.38 bits per heavy atom. The van der Waals surface area contributed by atoms with Crippen molar-refractivity contribution in [3.05, 3.63) is 94.7 Å². The summed E-state index contributed by atoms with van der Waals surface area (Å²) in [6.07, 6.45) is 4.56. The van der Waals surface area contributed by atoms with Crippen LogP contribution in [0.2, 0.25) is 0 Å². The molecule has 1 aliphatic heterocycles. The van der Waals surface area contributed by atoms with E-state index in [0.29, 0.717) is 12.2 Å². The maximum atomic E-state index is 9.30. The van der Waals surface area contributed by atoms with Gasteiger partial charge >= 0.3 is 0 Å². The first-order valence-corrected chi connectivity index (χ1v) is 13.5. The van der Waals surface area contributed by atoms with Crippen LogP contribution < -0.4 is 10.1 Å². The summed E-state index contributed by atoms with van der Waals surface area (Å²) in [5.41, 5.74) is 5.69. The Kier molecular flexibility index (Phi) is 14.0. The molecule has 0 atom stereocenters. The Bertz CT molecular complexity index is 1350. The van der Waals surface area contributed by atoms with Gasteiger partial charge in [-0.05, 0) is 89.5 Å². The first-order chi connectivity index (χ1) is 18.6. The van der Waals surface area contributed by atoms with Crippen molar-refractivity contribution in [2.45, 2.75) is 45.8 Å². The van der Waals surface area contributed by atoms with Crippen LogP contribution in [0.1, 0.15) is 47.2 Å². The molecule has 3 aromatic carbocycles. The molecular formula is C32H40Cl2N4O2. The van der Waals surface area contributed by atoms with Crippen molar-refractivity contribution in [1.29, 1.82) is 5.26 Å². The zero-order chi connectivity index (χ0) is 26.7. The number of halogens is 2. The Labute approximate surface area is 250 Å². The molecule has 6 nitrogen and oxygen atoms in total. The fourth-order valence-electron chi connectivity index (χ4n) is 5.03. The van der Waals surface area contributed by atoms with Gasteiger partial charge in [0.25, 0.3) is 0 Å². The third-order valence-electron chi connectivity index (χ3n) is 7.18. The monoisotopic (exact) mass is 582 g/mol. The van der Waals surface area contributed by atoms with Crippen LogP contribution in [0, 0.1) is 24.2 Å². The minimum atomic E-state index is 0. The van der Waals surface area contributed by atoms with E-state index in [0.717, 1.165) is 71.9 Å². The molecule has 0 unspecified atom stereocenters. The van der Waals surface area contributed by atoms with Crippen LogP contribution in [0.4, 0.5) is 0 Å². The summed E-state index contributed by atoms with van der Waals surface area (Å²) in [7, 11) is 3.75. The molecule has 0 bridgehead atoms. The smallest absolute Gasteiger partial charge is 0.173 e.